The van der Waals surface area contributed by atoms with Crippen LogP contribution in [-0.2, 0) is 0 Å². The van der Waals surface area contributed by atoms with E-state index in [0.717, 1.165) is 12.3 Å². The fourth-order valence-electron chi connectivity index (χ4n) is 2.03. The SMILES string of the molecule is C[C@@H]1CCC[C@]1(C)CCO. The third-order valence-corrected chi connectivity index (χ3v) is 3.26. The van der Waals surface area contributed by atoms with Gasteiger partial charge >= 0.3 is 0 Å². The molecular weight excluding hydrogens is 124 g/mol. The molecule has 1 heteroatoms. The van der Waals surface area contributed by atoms with Crippen LogP contribution in [0.2, 0.25) is 0 Å². The molecule has 1 aliphatic carbocycles. The van der Waals surface area contributed by atoms with Crippen molar-refractivity contribution in [3.8, 4) is 0 Å². The molecule has 0 bridgehead atoms. The maximum absolute atomic E-state index is 8.81. The summed E-state index contributed by atoms with van der Waals surface area (Å²) in [7, 11) is 0. The van der Waals surface area contributed by atoms with E-state index in [4.69, 9.17) is 5.11 Å². The lowest BCUT2D eigenvalue weighted by atomic mass is 9.78. The van der Waals surface area contributed by atoms with E-state index in [1.807, 2.05) is 0 Å². The van der Waals surface area contributed by atoms with Crippen LogP contribution in [-0.4, -0.2) is 11.7 Å². The molecule has 1 rings (SSSR count). The predicted octanol–water partition coefficient (Wildman–Crippen LogP) is 2.20. The molecule has 1 nitrogen and oxygen atoms in total. The lowest BCUT2D eigenvalue weighted by Gasteiger charge is -2.28. The number of aliphatic hydroxyl groups is 1. The van der Waals surface area contributed by atoms with Crippen molar-refractivity contribution in [2.45, 2.75) is 39.5 Å². The van der Waals surface area contributed by atoms with Crippen LogP contribution in [0.5, 0.6) is 0 Å². The van der Waals surface area contributed by atoms with Gasteiger partial charge in [0, 0.05) is 6.61 Å². The van der Waals surface area contributed by atoms with Gasteiger partial charge in [-0.3, -0.25) is 0 Å². The molecule has 10 heavy (non-hydrogen) atoms. The monoisotopic (exact) mass is 142 g/mol. The second kappa shape index (κ2) is 2.91. The van der Waals surface area contributed by atoms with E-state index < -0.39 is 0 Å². The summed E-state index contributed by atoms with van der Waals surface area (Å²) in [5, 5.41) is 8.81. The smallest absolute Gasteiger partial charge is 0.0436 e. The molecule has 0 amide bonds. The van der Waals surface area contributed by atoms with Crippen LogP contribution in [0.15, 0.2) is 0 Å². The Hall–Kier alpha value is -0.0400. The largest absolute Gasteiger partial charge is 0.396 e. The van der Waals surface area contributed by atoms with Crippen LogP contribution < -0.4 is 0 Å². The van der Waals surface area contributed by atoms with Crippen molar-refractivity contribution in [1.82, 2.24) is 0 Å². The first kappa shape index (κ1) is 8.06. The van der Waals surface area contributed by atoms with Crippen molar-refractivity contribution in [2.24, 2.45) is 11.3 Å². The minimum absolute atomic E-state index is 0.362. The van der Waals surface area contributed by atoms with Crippen molar-refractivity contribution in [1.29, 1.82) is 0 Å². The zero-order chi connectivity index (χ0) is 7.61. The zero-order valence-corrected chi connectivity index (χ0v) is 7.06. The molecule has 0 spiro atoms. The van der Waals surface area contributed by atoms with Gasteiger partial charge < -0.3 is 5.11 Å². The van der Waals surface area contributed by atoms with E-state index in [2.05, 4.69) is 13.8 Å². The first-order chi connectivity index (χ1) is 4.69. The molecule has 0 aromatic heterocycles. The molecule has 1 N–H and O–H groups in total. The fraction of sp³-hybridized carbons (Fsp3) is 1.00. The Morgan fingerprint density at radius 3 is 2.70 bits per heavy atom. The predicted molar refractivity (Wildman–Crippen MR) is 42.8 cm³/mol. The molecule has 1 fully saturated rings. The summed E-state index contributed by atoms with van der Waals surface area (Å²) in [5.41, 5.74) is 0.453. The summed E-state index contributed by atoms with van der Waals surface area (Å²) in [6.07, 6.45) is 5.02. The molecule has 0 aliphatic heterocycles. The normalized spacial score (nSPS) is 40.5. The van der Waals surface area contributed by atoms with Crippen molar-refractivity contribution >= 4 is 0 Å². The highest BCUT2D eigenvalue weighted by molar-refractivity contribution is 4.85. The minimum Gasteiger partial charge on any atom is -0.396 e. The highest BCUT2D eigenvalue weighted by Crippen LogP contribution is 2.44. The van der Waals surface area contributed by atoms with Gasteiger partial charge in [-0.15, -0.1) is 0 Å². The van der Waals surface area contributed by atoms with Crippen molar-refractivity contribution in [3.05, 3.63) is 0 Å². The van der Waals surface area contributed by atoms with E-state index >= 15 is 0 Å². The Kier molecular flexibility index (Phi) is 2.35. The number of hydrogen-bond acceptors (Lipinski definition) is 1. The highest BCUT2D eigenvalue weighted by Gasteiger charge is 2.34. The quantitative estimate of drug-likeness (QED) is 0.626. The first-order valence-corrected chi connectivity index (χ1v) is 4.30. The summed E-state index contributed by atoms with van der Waals surface area (Å²) in [5.74, 6) is 0.819. The molecule has 1 aliphatic rings. The van der Waals surface area contributed by atoms with Gasteiger partial charge in [-0.05, 0) is 24.2 Å². The lowest BCUT2D eigenvalue weighted by Crippen LogP contribution is -2.20. The molecule has 0 aromatic carbocycles. The topological polar surface area (TPSA) is 20.2 Å². The van der Waals surface area contributed by atoms with Crippen LogP contribution in [0.4, 0.5) is 0 Å². The van der Waals surface area contributed by atoms with Gasteiger partial charge in [-0.2, -0.15) is 0 Å². The van der Waals surface area contributed by atoms with E-state index in [-0.39, 0.29) is 0 Å². The van der Waals surface area contributed by atoms with Gasteiger partial charge in [0.25, 0.3) is 0 Å². The third-order valence-electron chi connectivity index (χ3n) is 3.26. The Bertz CT molecular complexity index is 111. The standard InChI is InChI=1S/C9H18O/c1-8-4-3-5-9(8,2)6-7-10/h8,10H,3-7H2,1-2H3/t8-,9-/m1/s1. The van der Waals surface area contributed by atoms with Gasteiger partial charge in [0.05, 0.1) is 0 Å². The summed E-state index contributed by atoms with van der Waals surface area (Å²) < 4.78 is 0. The minimum atomic E-state index is 0.362. The van der Waals surface area contributed by atoms with Gasteiger partial charge in [0.15, 0.2) is 0 Å². The second-order valence-corrected chi connectivity index (χ2v) is 3.92. The number of aliphatic hydroxyl groups excluding tert-OH is 1. The molecule has 1 saturated carbocycles. The maximum atomic E-state index is 8.81. The molecule has 0 radical (unpaired) electrons. The second-order valence-electron chi connectivity index (χ2n) is 3.92. The molecule has 0 unspecified atom stereocenters. The van der Waals surface area contributed by atoms with E-state index in [0.29, 0.717) is 12.0 Å². The Balaban J connectivity index is 2.48. The van der Waals surface area contributed by atoms with Crippen molar-refractivity contribution in [3.63, 3.8) is 0 Å². The average molecular weight is 142 g/mol. The molecular formula is C9H18O. The van der Waals surface area contributed by atoms with Gasteiger partial charge in [-0.1, -0.05) is 26.7 Å². The van der Waals surface area contributed by atoms with Crippen molar-refractivity contribution < 1.29 is 5.11 Å². The third kappa shape index (κ3) is 1.34. The average Bonchev–Trinajstić information content (AvgIpc) is 2.15. The van der Waals surface area contributed by atoms with E-state index in [9.17, 15) is 0 Å². The highest BCUT2D eigenvalue weighted by atomic mass is 16.3. The van der Waals surface area contributed by atoms with Crippen LogP contribution in [0, 0.1) is 11.3 Å². The molecule has 2 atom stereocenters. The van der Waals surface area contributed by atoms with E-state index in [1.54, 1.807) is 0 Å². The molecule has 60 valence electrons. The van der Waals surface area contributed by atoms with Gasteiger partial charge in [0.2, 0.25) is 0 Å². The Morgan fingerprint density at radius 2 is 2.30 bits per heavy atom. The molecule has 0 aromatic rings. The fourth-order valence-corrected chi connectivity index (χ4v) is 2.03. The van der Waals surface area contributed by atoms with Gasteiger partial charge in [0.1, 0.15) is 0 Å². The summed E-state index contributed by atoms with van der Waals surface area (Å²) in [4.78, 5) is 0. The van der Waals surface area contributed by atoms with Crippen LogP contribution in [0.25, 0.3) is 0 Å². The Labute approximate surface area is 63.4 Å². The summed E-state index contributed by atoms with van der Waals surface area (Å²) >= 11 is 0. The van der Waals surface area contributed by atoms with Crippen LogP contribution in [0.1, 0.15) is 39.5 Å². The molecule has 0 heterocycles. The maximum Gasteiger partial charge on any atom is 0.0436 e. The Morgan fingerprint density at radius 1 is 1.60 bits per heavy atom. The van der Waals surface area contributed by atoms with Crippen molar-refractivity contribution in [2.75, 3.05) is 6.61 Å². The first-order valence-electron chi connectivity index (χ1n) is 4.30. The van der Waals surface area contributed by atoms with Crippen LogP contribution >= 0.6 is 0 Å². The van der Waals surface area contributed by atoms with Crippen LogP contribution in [0.3, 0.4) is 0 Å². The summed E-state index contributed by atoms with van der Waals surface area (Å²) in [6, 6.07) is 0. The number of rotatable bonds is 2. The number of hydrogen-bond donors (Lipinski definition) is 1. The lowest BCUT2D eigenvalue weighted by molar-refractivity contribution is 0.161. The zero-order valence-electron chi connectivity index (χ0n) is 7.06. The molecule has 0 saturated heterocycles. The summed E-state index contributed by atoms with van der Waals surface area (Å²) in [6.45, 7) is 4.98. The van der Waals surface area contributed by atoms with Gasteiger partial charge in [-0.25, -0.2) is 0 Å². The van der Waals surface area contributed by atoms with E-state index in [1.165, 1.54) is 19.3 Å².